The van der Waals surface area contributed by atoms with Crippen LogP contribution in [0.3, 0.4) is 0 Å². The van der Waals surface area contributed by atoms with Crippen molar-refractivity contribution in [3.05, 3.63) is 45.6 Å². The quantitative estimate of drug-likeness (QED) is 0.435. The Morgan fingerprint density at radius 1 is 1.12 bits per heavy atom. The highest BCUT2D eigenvalue weighted by atomic mass is 35.5. The zero-order valence-electron chi connectivity index (χ0n) is 22.3. The first-order valence-electron chi connectivity index (χ1n) is 12.5. The molecule has 15 heteroatoms. The minimum absolute atomic E-state index is 0. The van der Waals surface area contributed by atoms with Crippen LogP contribution in [0.5, 0.6) is 0 Å². The van der Waals surface area contributed by atoms with Gasteiger partial charge in [-0.1, -0.05) is 37.2 Å². The first-order valence-corrected chi connectivity index (χ1v) is 14.7. The molecule has 4 rings (SSSR count). The molecule has 222 valence electrons. The molecular formula is C26H30Cl2N4O7S2. The van der Waals surface area contributed by atoms with Gasteiger partial charge >= 0.3 is 6.09 Å². The van der Waals surface area contributed by atoms with Crippen molar-refractivity contribution in [1.29, 1.82) is 0 Å². The van der Waals surface area contributed by atoms with Gasteiger partial charge in [0.05, 0.1) is 40.7 Å². The summed E-state index contributed by atoms with van der Waals surface area (Å²) in [4.78, 5) is 67.9. The minimum Gasteiger partial charge on any atom is -0.442 e. The highest BCUT2D eigenvalue weighted by molar-refractivity contribution is 8.14. The number of anilines is 2. The number of carbonyl (C=O) groups excluding carboxylic acids is 5. The Labute approximate surface area is 256 Å². The molecule has 0 radical (unpaired) electrons. The smallest absolute Gasteiger partial charge is 0.414 e. The van der Waals surface area contributed by atoms with Crippen molar-refractivity contribution in [2.24, 2.45) is 11.7 Å². The molecule has 1 aromatic heterocycles. The molecule has 4 amide bonds. The number of imide groups is 1. The Kier molecular flexibility index (Phi) is 11.6. The molecule has 0 bridgehead atoms. The molecule has 1 aromatic carbocycles. The number of benzene rings is 1. The Bertz CT molecular complexity index is 1290. The Hall–Kier alpha value is -2.68. The third-order valence-corrected chi connectivity index (χ3v) is 8.54. The molecule has 2 atom stereocenters. The predicted octanol–water partition coefficient (Wildman–Crippen LogP) is 3.42. The maximum Gasteiger partial charge on any atom is 0.414 e. The standard InChI is InChI=1S/C26H29ClN4O7S2.ClH/c1-15(2)23(28)25(35)39-14-22(33)31(24(34)19-7-8-20(27)40-19)12-18-11-30(26(36)38-18)17-5-3-16(4-6-17)29-9-10-37-13-21(29)32;/h3-8,15,18,23H,9-14,28H2,1-2H3;1H/t18-,23+;/m1./s1. The molecular weight excluding hydrogens is 615 g/mol. The average Bonchev–Trinajstić information content (AvgIpc) is 3.54. The normalized spacial score (nSPS) is 17.7. The van der Waals surface area contributed by atoms with Gasteiger partial charge in [0.2, 0.25) is 11.0 Å². The molecule has 3 heterocycles. The third-order valence-electron chi connectivity index (χ3n) is 6.38. The van der Waals surface area contributed by atoms with Gasteiger partial charge < -0.3 is 20.1 Å². The van der Waals surface area contributed by atoms with E-state index in [0.29, 0.717) is 28.9 Å². The van der Waals surface area contributed by atoms with Crippen LogP contribution in [-0.4, -0.2) is 84.6 Å². The lowest BCUT2D eigenvalue weighted by Gasteiger charge is -2.27. The second kappa shape index (κ2) is 14.5. The first-order chi connectivity index (χ1) is 19.0. The monoisotopic (exact) mass is 644 g/mol. The summed E-state index contributed by atoms with van der Waals surface area (Å²) in [5.41, 5.74) is 7.11. The number of amides is 4. The van der Waals surface area contributed by atoms with E-state index >= 15 is 0 Å². The minimum atomic E-state index is -0.810. The first kappa shape index (κ1) is 32.8. The third kappa shape index (κ3) is 7.99. The van der Waals surface area contributed by atoms with Gasteiger partial charge in [-0.05, 0) is 42.3 Å². The van der Waals surface area contributed by atoms with Crippen LogP contribution in [0.4, 0.5) is 16.2 Å². The second-order valence-electron chi connectivity index (χ2n) is 9.52. The Balaban J connectivity index is 0.00000462. The van der Waals surface area contributed by atoms with Crippen molar-refractivity contribution in [1.82, 2.24) is 4.90 Å². The number of thiophene rings is 1. The lowest BCUT2D eigenvalue weighted by Crippen LogP contribution is -2.44. The molecule has 0 unspecified atom stereocenters. The second-order valence-corrected chi connectivity index (χ2v) is 12.2. The van der Waals surface area contributed by atoms with Crippen molar-refractivity contribution >= 4 is 87.4 Å². The Morgan fingerprint density at radius 3 is 2.37 bits per heavy atom. The van der Waals surface area contributed by atoms with Gasteiger partial charge in [0, 0.05) is 17.9 Å². The lowest BCUT2D eigenvalue weighted by atomic mass is 10.1. The van der Waals surface area contributed by atoms with Crippen LogP contribution >= 0.6 is 47.1 Å². The number of morpholine rings is 1. The number of halogens is 2. The van der Waals surface area contributed by atoms with Crippen LogP contribution in [-0.2, 0) is 23.9 Å². The Morgan fingerprint density at radius 2 is 1.78 bits per heavy atom. The van der Waals surface area contributed by atoms with Gasteiger partial charge in [0.15, 0.2) is 0 Å². The highest BCUT2D eigenvalue weighted by Gasteiger charge is 2.37. The van der Waals surface area contributed by atoms with Gasteiger partial charge in [0.25, 0.3) is 11.8 Å². The van der Waals surface area contributed by atoms with Gasteiger partial charge in [-0.3, -0.25) is 29.0 Å². The average molecular weight is 646 g/mol. The number of hydrogen-bond donors (Lipinski definition) is 1. The molecule has 0 saturated carbocycles. The summed E-state index contributed by atoms with van der Waals surface area (Å²) in [6.07, 6.45) is -1.44. The fraction of sp³-hybridized carbons (Fsp3) is 0.423. The summed E-state index contributed by atoms with van der Waals surface area (Å²) in [5, 5.41) is -0.351. The van der Waals surface area contributed by atoms with Gasteiger partial charge in [-0.2, -0.15) is 0 Å². The molecule has 2 saturated heterocycles. The zero-order chi connectivity index (χ0) is 29.0. The SMILES string of the molecule is CC(C)[C@H](N)C(=O)SCC(=O)N(C[C@H]1CN(c2ccc(N3CCOCC3=O)cc2)C(=O)O1)C(=O)c1ccc(Cl)s1.Cl. The summed E-state index contributed by atoms with van der Waals surface area (Å²) in [5.74, 6) is -1.76. The summed E-state index contributed by atoms with van der Waals surface area (Å²) in [6.45, 7) is 4.38. The number of rotatable bonds is 9. The molecule has 0 aliphatic carbocycles. The summed E-state index contributed by atoms with van der Waals surface area (Å²) in [6, 6.07) is 9.18. The zero-order valence-corrected chi connectivity index (χ0v) is 25.5. The maximum atomic E-state index is 13.3. The maximum absolute atomic E-state index is 13.3. The molecule has 2 N–H and O–H groups in total. The number of carbonyl (C=O) groups is 5. The number of thioether (sulfide) groups is 1. The van der Waals surface area contributed by atoms with Crippen molar-refractivity contribution in [3.8, 4) is 0 Å². The van der Waals surface area contributed by atoms with E-state index in [1.807, 2.05) is 0 Å². The summed E-state index contributed by atoms with van der Waals surface area (Å²) >= 11 is 7.77. The summed E-state index contributed by atoms with van der Waals surface area (Å²) < 4.78 is 11.0. The predicted molar refractivity (Wildman–Crippen MR) is 160 cm³/mol. The van der Waals surface area contributed by atoms with Crippen LogP contribution in [0.1, 0.15) is 23.5 Å². The van der Waals surface area contributed by atoms with Crippen molar-refractivity contribution in [2.45, 2.75) is 26.0 Å². The number of nitrogens with zero attached hydrogens (tertiary/aromatic N) is 3. The number of nitrogens with two attached hydrogens (primary N) is 1. The number of ether oxygens (including phenoxy) is 2. The molecule has 11 nitrogen and oxygen atoms in total. The van der Waals surface area contributed by atoms with Gasteiger partial charge in [-0.25, -0.2) is 4.79 Å². The topological polar surface area (TPSA) is 140 Å². The van der Waals surface area contributed by atoms with E-state index in [-0.39, 0.29) is 59.7 Å². The van der Waals surface area contributed by atoms with E-state index in [1.165, 1.54) is 11.0 Å². The van der Waals surface area contributed by atoms with E-state index in [1.54, 1.807) is 49.1 Å². The number of hydrogen-bond acceptors (Lipinski definition) is 10. The summed E-state index contributed by atoms with van der Waals surface area (Å²) in [7, 11) is 0. The number of cyclic esters (lactones) is 1. The molecule has 2 aliphatic heterocycles. The fourth-order valence-corrected chi connectivity index (χ4v) is 5.95. The van der Waals surface area contributed by atoms with Crippen molar-refractivity contribution in [3.63, 3.8) is 0 Å². The molecule has 2 aromatic rings. The van der Waals surface area contributed by atoms with Crippen LogP contribution < -0.4 is 15.5 Å². The van der Waals surface area contributed by atoms with Gasteiger partial charge in [-0.15, -0.1) is 23.7 Å². The highest BCUT2D eigenvalue weighted by Crippen LogP contribution is 2.28. The van der Waals surface area contributed by atoms with E-state index in [0.717, 1.165) is 28.0 Å². The van der Waals surface area contributed by atoms with Crippen LogP contribution in [0, 0.1) is 5.92 Å². The van der Waals surface area contributed by atoms with E-state index < -0.39 is 30.1 Å². The van der Waals surface area contributed by atoms with Crippen molar-refractivity contribution in [2.75, 3.05) is 48.4 Å². The van der Waals surface area contributed by atoms with Crippen LogP contribution in [0.25, 0.3) is 0 Å². The van der Waals surface area contributed by atoms with E-state index in [2.05, 4.69) is 0 Å². The van der Waals surface area contributed by atoms with E-state index in [4.69, 9.17) is 26.8 Å². The fourth-order valence-electron chi connectivity index (χ4n) is 4.07. The molecule has 2 fully saturated rings. The molecule has 2 aliphatic rings. The van der Waals surface area contributed by atoms with Crippen molar-refractivity contribution < 1.29 is 33.4 Å². The molecule has 41 heavy (non-hydrogen) atoms. The van der Waals surface area contributed by atoms with Crippen LogP contribution in [0.15, 0.2) is 36.4 Å². The molecule has 0 spiro atoms. The van der Waals surface area contributed by atoms with Gasteiger partial charge in [0.1, 0.15) is 12.7 Å². The van der Waals surface area contributed by atoms with Crippen LogP contribution in [0.2, 0.25) is 4.34 Å². The van der Waals surface area contributed by atoms with E-state index in [9.17, 15) is 24.0 Å². The lowest BCUT2D eigenvalue weighted by molar-refractivity contribution is -0.127. The largest absolute Gasteiger partial charge is 0.442 e.